The van der Waals surface area contributed by atoms with E-state index in [9.17, 15) is 52.7 Å². The number of nitrogens with two attached hydrogens (primary N) is 1. The lowest BCUT2D eigenvalue weighted by molar-refractivity contribution is -0.163. The molecule has 10 amide bonds. The van der Waals surface area contributed by atoms with E-state index in [1.54, 1.807) is 62.3 Å². The standard InChI is InChI=1S/C62H86N12O16/c1-27(2)42-59(84)73-23-17-19-36(73)57(82)69(13)25-38(75)71(15)48(29(5)6)61(86)88-33(11)44(55(80)65-42)67-53(78)35-22-21-31(9)51-46(35)64-47-40(41(63)50(77)32(10)52(47)90-51)54(79)68-45-34(12)89-62(87)49(30(7)8)72(16)39(76)26-70(14)58(83)37-20-18-24-74(37)60(85)43(28(3)4)66-56(45)81/h21-22,27-30,33-34,36-37,42-45,48-49H,17-20,23-26,63H2,1-16H3,(H,65,80)(H,66,81)(H,67,78)(H,68,79)/t33-,34-,36+,37+,42+,43+,44+,45+,48+,49+/m1/s1. The van der Waals surface area contributed by atoms with Gasteiger partial charge in [-0.15, -0.1) is 0 Å². The van der Waals surface area contributed by atoms with E-state index in [0.29, 0.717) is 18.4 Å². The Morgan fingerprint density at radius 2 is 1.03 bits per heavy atom. The van der Waals surface area contributed by atoms with Crippen LogP contribution in [0.4, 0.5) is 5.69 Å². The monoisotopic (exact) mass is 1250 g/mol. The van der Waals surface area contributed by atoms with Crippen molar-refractivity contribution in [1.29, 1.82) is 0 Å². The summed E-state index contributed by atoms with van der Waals surface area (Å²) in [6.07, 6.45) is -1.65. The predicted molar refractivity (Wildman–Crippen MR) is 325 cm³/mol. The number of nitrogens with zero attached hydrogens (tertiary/aromatic N) is 7. The molecule has 5 heterocycles. The van der Waals surface area contributed by atoms with Crippen molar-refractivity contribution in [1.82, 2.24) is 55.7 Å². The summed E-state index contributed by atoms with van der Waals surface area (Å²) in [5.74, 6) is -12.4. The maximum atomic E-state index is 15.2. The highest BCUT2D eigenvalue weighted by Gasteiger charge is 2.46. The molecule has 1 aromatic rings. The highest BCUT2D eigenvalue weighted by Crippen LogP contribution is 2.35. The molecule has 90 heavy (non-hydrogen) atoms. The molecule has 0 radical (unpaired) electrons. The van der Waals surface area contributed by atoms with Crippen LogP contribution in [0, 0.1) is 37.5 Å². The number of carbonyl (C=O) groups is 12. The molecule has 0 unspecified atom stereocenters. The normalized spacial score (nSPS) is 26.2. The van der Waals surface area contributed by atoms with E-state index in [2.05, 4.69) is 21.3 Å². The first-order valence-electron chi connectivity index (χ1n) is 30.5. The van der Waals surface area contributed by atoms with E-state index >= 15 is 9.59 Å². The summed E-state index contributed by atoms with van der Waals surface area (Å²) in [5.41, 5.74) is 3.57. The van der Waals surface area contributed by atoms with Crippen LogP contribution in [0.2, 0.25) is 0 Å². The second-order valence-electron chi connectivity index (χ2n) is 25.5. The molecule has 6 N–H and O–H groups in total. The van der Waals surface area contributed by atoms with E-state index < -0.39 is 191 Å². The fourth-order valence-electron chi connectivity index (χ4n) is 12.3. The van der Waals surface area contributed by atoms with Crippen molar-refractivity contribution in [2.24, 2.45) is 23.7 Å². The van der Waals surface area contributed by atoms with Gasteiger partial charge in [-0.05, 0) is 88.7 Å². The minimum absolute atomic E-state index is 0.0763. The number of benzene rings is 2. The number of aryl methyl sites for hydroxylation is 1. The average Bonchev–Trinajstić information content (AvgIpc) is 0.893. The molecule has 28 heteroatoms. The fraction of sp³-hybridized carbons (Fsp3) is 0.613. The van der Waals surface area contributed by atoms with Gasteiger partial charge >= 0.3 is 11.9 Å². The van der Waals surface area contributed by atoms with Gasteiger partial charge in [-0.3, -0.25) is 52.7 Å². The van der Waals surface area contributed by atoms with Gasteiger partial charge in [0.15, 0.2) is 11.3 Å². The van der Waals surface area contributed by atoms with Crippen LogP contribution in [0.1, 0.15) is 127 Å². The highest BCUT2D eigenvalue weighted by atomic mass is 16.6. The number of ether oxygens (including phenoxy) is 2. The van der Waals surface area contributed by atoms with Crippen LogP contribution in [-0.2, 0) is 57.4 Å². The number of cyclic esters (lactones) is 2. The van der Waals surface area contributed by atoms with E-state index in [4.69, 9.17) is 24.6 Å². The Morgan fingerprint density at radius 3 is 1.44 bits per heavy atom. The molecule has 0 aromatic heterocycles. The zero-order valence-corrected chi connectivity index (χ0v) is 54.1. The molecular formula is C62H86N12O16. The quantitative estimate of drug-likeness (QED) is 0.118. The van der Waals surface area contributed by atoms with Gasteiger partial charge in [-0.25, -0.2) is 14.6 Å². The zero-order valence-electron chi connectivity index (χ0n) is 54.1. The molecule has 7 rings (SSSR count). The number of nitrogens with one attached hydrogen (secondary N) is 4. The number of anilines is 1. The van der Waals surface area contributed by atoms with Crippen LogP contribution < -0.4 is 32.4 Å². The lowest BCUT2D eigenvalue weighted by atomic mass is 9.98. The maximum Gasteiger partial charge on any atom is 0.329 e. The number of carbonyl (C=O) groups excluding carboxylic acids is 12. The van der Waals surface area contributed by atoms with Gasteiger partial charge in [0.25, 0.3) is 11.8 Å². The van der Waals surface area contributed by atoms with Crippen molar-refractivity contribution in [2.75, 3.05) is 60.1 Å². The molecule has 5 aliphatic heterocycles. The summed E-state index contributed by atoms with van der Waals surface area (Å²) in [6, 6.07) is -7.90. The molecular weight excluding hydrogens is 1170 g/mol. The molecule has 4 fully saturated rings. The average molecular weight is 1260 g/mol. The summed E-state index contributed by atoms with van der Waals surface area (Å²) in [4.78, 5) is 199. The first-order chi connectivity index (χ1) is 42.1. The largest absolute Gasteiger partial charge is 0.458 e. The molecule has 1 aliphatic carbocycles. The second-order valence-corrected chi connectivity index (χ2v) is 25.5. The molecule has 490 valence electrons. The highest BCUT2D eigenvalue weighted by molar-refractivity contribution is 6.10. The number of likely N-dealkylation sites (N-methyl/N-ethyl adjacent to an activating group) is 4. The molecule has 28 nitrogen and oxygen atoms in total. The van der Waals surface area contributed by atoms with Gasteiger partial charge in [0.2, 0.25) is 52.7 Å². The van der Waals surface area contributed by atoms with Crippen molar-refractivity contribution >= 4 is 87.8 Å². The summed E-state index contributed by atoms with van der Waals surface area (Å²) in [6.45, 7) is 18.4. The predicted octanol–water partition coefficient (Wildman–Crippen LogP) is 0.726. The van der Waals surface area contributed by atoms with Crippen LogP contribution in [0.15, 0.2) is 21.3 Å². The molecule has 6 aliphatic rings. The minimum Gasteiger partial charge on any atom is -0.458 e. The van der Waals surface area contributed by atoms with E-state index in [1.807, 2.05) is 0 Å². The van der Waals surface area contributed by atoms with Gasteiger partial charge in [-0.1, -0.05) is 61.5 Å². The second kappa shape index (κ2) is 27.6. The molecule has 0 spiro atoms. The van der Waals surface area contributed by atoms with E-state index in [-0.39, 0.29) is 53.9 Å². The van der Waals surface area contributed by atoms with Crippen molar-refractivity contribution in [3.05, 3.63) is 44.6 Å². The summed E-state index contributed by atoms with van der Waals surface area (Å²) < 4.78 is 18.3. The summed E-state index contributed by atoms with van der Waals surface area (Å²) >= 11 is 0. The Balaban J connectivity index is 1.32. The summed E-state index contributed by atoms with van der Waals surface area (Å²) in [7, 11) is 5.59. The Hall–Kier alpha value is -8.72. The van der Waals surface area contributed by atoms with Crippen molar-refractivity contribution in [3.63, 3.8) is 0 Å². The van der Waals surface area contributed by atoms with Crippen LogP contribution in [-0.4, -0.2) is 220 Å². The smallest absolute Gasteiger partial charge is 0.329 e. The third-order valence-corrected chi connectivity index (χ3v) is 17.5. The van der Waals surface area contributed by atoms with Crippen LogP contribution >= 0.6 is 0 Å². The van der Waals surface area contributed by atoms with Crippen molar-refractivity contribution < 1.29 is 71.4 Å². The van der Waals surface area contributed by atoms with Gasteiger partial charge in [0, 0.05) is 46.8 Å². The number of aromatic nitrogens is 1. The lowest BCUT2D eigenvalue weighted by Crippen LogP contribution is -2.61. The zero-order chi connectivity index (χ0) is 67.0. The molecule has 10 atom stereocenters. The number of fused-ring (bicyclic) bond motifs is 4. The molecule has 1 aromatic carbocycles. The van der Waals surface area contributed by atoms with Crippen molar-refractivity contribution in [3.8, 4) is 11.5 Å². The first-order valence-corrected chi connectivity index (χ1v) is 30.5. The maximum absolute atomic E-state index is 15.2. The first kappa shape index (κ1) is 68.8. The van der Waals surface area contributed by atoms with E-state index in [0.717, 1.165) is 9.80 Å². The van der Waals surface area contributed by atoms with Crippen LogP contribution in [0.25, 0.3) is 22.6 Å². The number of hydrogen-bond donors (Lipinski definition) is 5. The number of nitrogen functional groups attached to an aromatic ring is 1. The molecule has 0 saturated carbocycles. The number of rotatable bonds is 8. The third kappa shape index (κ3) is 13.7. The third-order valence-electron chi connectivity index (χ3n) is 17.5. The van der Waals surface area contributed by atoms with Gasteiger partial charge in [-0.2, -0.15) is 0 Å². The number of esters is 2. The Bertz CT molecular complexity index is 3420. The minimum atomic E-state index is -1.88. The molecule has 0 bridgehead atoms. The molecule has 4 saturated heterocycles. The van der Waals surface area contributed by atoms with Gasteiger partial charge < -0.3 is 70.3 Å². The van der Waals surface area contributed by atoms with Gasteiger partial charge in [0.05, 0.1) is 29.9 Å². The SMILES string of the molecule is Cc1c2oc3c(C)ccc(C(=O)N[C@@H]4C(=O)N[C@@H](C(C)C)C(=O)N5CCC[C@H]5C(=O)N(C)CC(=O)N(C)[C@@H](C(C)C)C(=O)O[C@@H]4C)c3nc-2c(C(=O)N[C@@H]2C(=O)N[C@@H](C(C)C)C(=O)N3CCC[C@H]3C(=O)N(C)CC(=O)N(C)[C@@H](C(C)C)C(=O)O[C@@H]2C)c(N)c1=O. The van der Waals surface area contributed by atoms with Crippen LogP contribution in [0.5, 0.6) is 0 Å². The Kier molecular flexibility index (Phi) is 21.1. The Labute approximate surface area is 522 Å². The number of amides is 10. The number of hydrogen-bond acceptors (Lipinski definition) is 18. The fourth-order valence-corrected chi connectivity index (χ4v) is 12.3. The topological polar surface area (TPSA) is 360 Å². The lowest BCUT2D eigenvalue weighted by Gasteiger charge is -2.36. The van der Waals surface area contributed by atoms with Gasteiger partial charge in [0.1, 0.15) is 71.8 Å². The summed E-state index contributed by atoms with van der Waals surface area (Å²) in [5, 5.41) is 10.7. The Morgan fingerprint density at radius 1 is 0.611 bits per heavy atom. The van der Waals surface area contributed by atoms with Crippen molar-refractivity contribution in [2.45, 2.75) is 169 Å². The van der Waals surface area contributed by atoms with E-state index in [1.165, 1.54) is 80.7 Å². The van der Waals surface area contributed by atoms with Crippen LogP contribution in [0.3, 0.4) is 0 Å².